The van der Waals surface area contributed by atoms with E-state index < -0.39 is 5.97 Å². The maximum Gasteiger partial charge on any atom is 0.387 e. The van der Waals surface area contributed by atoms with E-state index in [4.69, 9.17) is 33.8 Å². The Labute approximate surface area is 131 Å². The van der Waals surface area contributed by atoms with Gasteiger partial charge in [-0.25, -0.2) is 4.79 Å². The van der Waals surface area contributed by atoms with Gasteiger partial charge < -0.3 is 4.90 Å². The lowest BCUT2D eigenvalue weighted by atomic mass is 10.2. The summed E-state index contributed by atoms with van der Waals surface area (Å²) in [5.74, 6) is -0.432. The van der Waals surface area contributed by atoms with Crippen molar-refractivity contribution >= 4 is 40.9 Å². The molecule has 0 spiro atoms. The van der Waals surface area contributed by atoms with E-state index in [1.54, 1.807) is 4.90 Å². The van der Waals surface area contributed by atoms with E-state index in [-0.39, 0.29) is 28.9 Å². The average Bonchev–Trinajstić information content (AvgIpc) is 2.84. The van der Waals surface area contributed by atoms with Crippen LogP contribution in [-0.4, -0.2) is 35.7 Å². The summed E-state index contributed by atoms with van der Waals surface area (Å²) in [5.41, 5.74) is 5.92. The fraction of sp³-hybridized carbons (Fsp3) is 0.308. The van der Waals surface area contributed by atoms with Crippen LogP contribution in [0.3, 0.4) is 0 Å². The van der Waals surface area contributed by atoms with Crippen LogP contribution < -0.4 is 10.9 Å². The van der Waals surface area contributed by atoms with Crippen LogP contribution in [0.2, 0.25) is 10.0 Å². The molecule has 0 bridgehead atoms. The number of rotatable bonds is 4. The molecule has 1 aliphatic rings. The molecule has 1 aromatic rings. The number of hydrogen-bond donors (Lipinski definition) is 2. The van der Waals surface area contributed by atoms with Crippen molar-refractivity contribution in [1.82, 2.24) is 4.90 Å². The van der Waals surface area contributed by atoms with Crippen molar-refractivity contribution in [2.45, 2.75) is 12.8 Å². The summed E-state index contributed by atoms with van der Waals surface area (Å²) in [7, 11) is 0. The van der Waals surface area contributed by atoms with Crippen molar-refractivity contribution in [2.24, 2.45) is 5.73 Å². The van der Waals surface area contributed by atoms with Gasteiger partial charge >= 0.3 is 5.97 Å². The number of benzene rings is 1. The topological polar surface area (TPSA) is 86.6 Å². The van der Waals surface area contributed by atoms with E-state index in [9.17, 15) is 9.59 Å². The molecule has 1 fully saturated rings. The standard InChI is InChI=1S/C13H13Cl2N3O3/c14-9-4-3-8(6-10(9)15)13(20)21-17-11(16)7-18-5-1-2-12(18)19/h3-4,6H,1-2,5,7H2,(H2,16,17)/p+1. The highest BCUT2D eigenvalue weighted by Gasteiger charge is 2.22. The van der Waals surface area contributed by atoms with Gasteiger partial charge in [-0.2, -0.15) is 0 Å². The van der Waals surface area contributed by atoms with Crippen LogP contribution in [0.4, 0.5) is 0 Å². The van der Waals surface area contributed by atoms with Gasteiger partial charge in [0.2, 0.25) is 5.91 Å². The molecule has 6 nitrogen and oxygen atoms in total. The van der Waals surface area contributed by atoms with Gasteiger partial charge in [0.1, 0.15) is 6.54 Å². The summed E-state index contributed by atoms with van der Waals surface area (Å²) < 4.78 is 0. The molecule has 8 heteroatoms. The number of amides is 1. The molecule has 1 aliphatic heterocycles. The summed E-state index contributed by atoms with van der Waals surface area (Å²) >= 11 is 11.6. The van der Waals surface area contributed by atoms with Crippen molar-refractivity contribution in [3.8, 4) is 0 Å². The summed E-state index contributed by atoms with van der Waals surface area (Å²) in [4.78, 5) is 29.6. The molecule has 0 aromatic heterocycles. The Morgan fingerprint density at radius 1 is 1.38 bits per heavy atom. The van der Waals surface area contributed by atoms with Crippen LogP contribution in [-0.2, 0) is 9.63 Å². The number of halogens is 2. The fourth-order valence-corrected chi connectivity index (χ4v) is 2.20. The first-order valence-corrected chi connectivity index (χ1v) is 7.04. The van der Waals surface area contributed by atoms with Crippen LogP contribution in [0.25, 0.3) is 0 Å². The number of nitrogens with zero attached hydrogens (tertiary/aromatic N) is 1. The highest BCUT2D eigenvalue weighted by molar-refractivity contribution is 6.42. The maximum absolute atomic E-state index is 11.8. The third-order valence-corrected chi connectivity index (χ3v) is 3.70. The van der Waals surface area contributed by atoms with Crippen LogP contribution in [0.5, 0.6) is 0 Å². The van der Waals surface area contributed by atoms with Crippen LogP contribution >= 0.6 is 23.2 Å². The van der Waals surface area contributed by atoms with Crippen LogP contribution in [0.1, 0.15) is 23.2 Å². The van der Waals surface area contributed by atoms with Crippen molar-refractivity contribution in [2.75, 3.05) is 13.1 Å². The highest BCUT2D eigenvalue weighted by Crippen LogP contribution is 2.22. The molecule has 1 amide bonds. The van der Waals surface area contributed by atoms with Crippen LogP contribution in [0, 0.1) is 0 Å². The van der Waals surface area contributed by atoms with E-state index in [1.165, 1.54) is 18.2 Å². The number of carbonyl (C=O) groups excluding carboxylic acids is 2. The second-order valence-electron chi connectivity index (χ2n) is 4.56. The first-order chi connectivity index (χ1) is 9.97. The first-order valence-electron chi connectivity index (χ1n) is 6.28. The second kappa shape index (κ2) is 6.78. The minimum atomic E-state index is -0.649. The predicted octanol–water partition coefficient (Wildman–Crippen LogP) is 0.125. The zero-order valence-corrected chi connectivity index (χ0v) is 12.6. The molecule has 0 atom stereocenters. The van der Waals surface area contributed by atoms with E-state index in [0.717, 1.165) is 6.42 Å². The summed E-state index contributed by atoms with van der Waals surface area (Å²) in [5, 5.41) is 2.94. The van der Waals surface area contributed by atoms with Gasteiger partial charge in [-0.3, -0.25) is 15.4 Å². The smallest absolute Gasteiger partial charge is 0.331 e. The number of hydrogen-bond acceptors (Lipinski definition) is 3. The minimum Gasteiger partial charge on any atom is -0.331 e. The number of carbonyl (C=O) groups is 2. The maximum atomic E-state index is 11.8. The van der Waals surface area contributed by atoms with Gasteiger partial charge in [0, 0.05) is 13.0 Å². The van der Waals surface area contributed by atoms with Gasteiger partial charge in [-0.05, 0) is 24.6 Å². The molecule has 0 radical (unpaired) electrons. The van der Waals surface area contributed by atoms with Gasteiger partial charge in [0.25, 0.3) is 5.84 Å². The molecular formula is C13H14Cl2N3O3+. The molecule has 21 heavy (non-hydrogen) atoms. The molecule has 0 aliphatic carbocycles. The van der Waals surface area contributed by atoms with Gasteiger partial charge in [-0.1, -0.05) is 28.4 Å². The number of amidine groups is 1. The van der Waals surface area contributed by atoms with Gasteiger partial charge in [0.05, 0.1) is 15.6 Å². The Morgan fingerprint density at radius 2 is 2.14 bits per heavy atom. The van der Waals surface area contributed by atoms with E-state index in [1.807, 2.05) is 0 Å². The van der Waals surface area contributed by atoms with E-state index >= 15 is 0 Å². The molecule has 0 saturated carbocycles. The lowest BCUT2D eigenvalue weighted by molar-refractivity contribution is -0.722. The normalized spacial score (nSPS) is 15.4. The van der Waals surface area contributed by atoms with E-state index in [0.29, 0.717) is 18.0 Å². The Hall–Kier alpha value is -1.79. The minimum absolute atomic E-state index is 0.0376. The van der Waals surface area contributed by atoms with Crippen molar-refractivity contribution in [1.29, 1.82) is 0 Å². The number of nitrogens with two attached hydrogens (primary N) is 1. The number of nitrogens with one attached hydrogen (secondary N) is 1. The van der Waals surface area contributed by atoms with Gasteiger partial charge in [0.15, 0.2) is 0 Å². The van der Waals surface area contributed by atoms with Crippen molar-refractivity contribution in [3.05, 3.63) is 33.8 Å². The molecular weight excluding hydrogens is 317 g/mol. The Balaban J connectivity index is 1.94. The lowest BCUT2D eigenvalue weighted by Gasteiger charge is -2.11. The molecule has 1 aromatic carbocycles. The summed E-state index contributed by atoms with van der Waals surface area (Å²) in [6.45, 7) is 0.857. The Morgan fingerprint density at radius 3 is 2.76 bits per heavy atom. The molecule has 112 valence electrons. The zero-order chi connectivity index (χ0) is 15.4. The largest absolute Gasteiger partial charge is 0.387 e. The third kappa shape index (κ3) is 4.09. The molecule has 2 rings (SSSR count). The molecule has 1 heterocycles. The average molecular weight is 331 g/mol. The van der Waals surface area contributed by atoms with Crippen LogP contribution in [0.15, 0.2) is 18.2 Å². The van der Waals surface area contributed by atoms with Crippen molar-refractivity contribution < 1.29 is 19.6 Å². The molecule has 0 unspecified atom stereocenters. The second-order valence-corrected chi connectivity index (χ2v) is 5.38. The predicted molar refractivity (Wildman–Crippen MR) is 77.8 cm³/mol. The van der Waals surface area contributed by atoms with Crippen molar-refractivity contribution in [3.63, 3.8) is 0 Å². The van der Waals surface area contributed by atoms with E-state index in [2.05, 4.69) is 5.16 Å². The molecule has 3 N–H and O–H groups in total. The number of likely N-dealkylation sites (tertiary alicyclic amines) is 1. The SMILES string of the molecule is NC(CN1CCCC1=O)=[NH+]OC(=O)c1ccc(Cl)c(Cl)c1. The zero-order valence-electron chi connectivity index (χ0n) is 11.1. The molecule has 1 saturated heterocycles. The summed E-state index contributed by atoms with van der Waals surface area (Å²) in [6.07, 6.45) is 1.34. The Kier molecular flexibility index (Phi) is 5.03. The fourth-order valence-electron chi connectivity index (χ4n) is 1.90. The van der Waals surface area contributed by atoms with Gasteiger partial charge in [-0.15, -0.1) is 0 Å². The Bertz CT molecular complexity index is 604. The quantitative estimate of drug-likeness (QED) is 0.355. The third-order valence-electron chi connectivity index (χ3n) is 2.96. The highest BCUT2D eigenvalue weighted by atomic mass is 35.5. The summed E-state index contributed by atoms with van der Waals surface area (Å²) in [6, 6.07) is 4.38. The first kappa shape index (κ1) is 15.6. The monoisotopic (exact) mass is 330 g/mol. The lowest BCUT2D eigenvalue weighted by Crippen LogP contribution is -2.77.